The van der Waals surface area contributed by atoms with E-state index in [0.717, 1.165) is 12.0 Å². The molecule has 0 radical (unpaired) electrons. The average molecular weight is 286 g/mol. The molecule has 2 aromatic rings. The van der Waals surface area contributed by atoms with Gasteiger partial charge in [0.15, 0.2) is 6.61 Å². The molecule has 1 aromatic heterocycles. The Kier molecular flexibility index (Phi) is 3.43. The molecule has 1 saturated carbocycles. The lowest BCUT2D eigenvalue weighted by Crippen LogP contribution is -2.02. The number of benzene rings is 1. The molecule has 0 spiro atoms. The maximum absolute atomic E-state index is 11.4. The van der Waals surface area contributed by atoms with Crippen molar-refractivity contribution in [3.63, 3.8) is 0 Å². The number of aromatic nitrogens is 2. The lowest BCUT2D eigenvalue weighted by atomic mass is 10.2. The molecule has 1 aliphatic rings. The molecule has 108 valence electrons. The first-order chi connectivity index (χ1) is 10.2. The second-order valence-electron chi connectivity index (χ2n) is 4.77. The number of ether oxygens (including phenoxy) is 2. The van der Waals surface area contributed by atoms with Crippen molar-refractivity contribution >= 4 is 5.97 Å². The molecule has 1 atom stereocenters. The van der Waals surface area contributed by atoms with Crippen LogP contribution in [-0.2, 0) is 11.3 Å². The van der Waals surface area contributed by atoms with E-state index in [0.29, 0.717) is 23.0 Å². The quantitative estimate of drug-likeness (QED) is 0.621. The van der Waals surface area contributed by atoms with Crippen LogP contribution in [0.2, 0.25) is 0 Å². The number of allylic oxidation sites excluding steroid dienone is 1. The Bertz CT molecular complexity index is 692. The Morgan fingerprint density at radius 1 is 1.52 bits per heavy atom. The molecule has 1 heterocycles. The second kappa shape index (κ2) is 5.40. The van der Waals surface area contributed by atoms with Gasteiger partial charge >= 0.3 is 5.97 Å². The van der Waals surface area contributed by atoms with E-state index in [1.54, 1.807) is 24.3 Å². The van der Waals surface area contributed by atoms with Crippen molar-refractivity contribution < 1.29 is 18.8 Å². The van der Waals surface area contributed by atoms with E-state index >= 15 is 0 Å². The Balaban J connectivity index is 1.63. The minimum absolute atomic E-state index is 0.174. The third-order valence-corrected chi connectivity index (χ3v) is 3.20. The highest BCUT2D eigenvalue weighted by Crippen LogP contribution is 2.44. The highest BCUT2D eigenvalue weighted by Gasteiger charge is 2.34. The van der Waals surface area contributed by atoms with E-state index in [4.69, 9.17) is 9.26 Å². The summed E-state index contributed by atoms with van der Waals surface area (Å²) in [5.41, 5.74) is 1.54. The van der Waals surface area contributed by atoms with E-state index in [1.165, 1.54) is 7.11 Å². The molecule has 0 bridgehead atoms. The van der Waals surface area contributed by atoms with Gasteiger partial charge in [0.1, 0.15) is 5.75 Å². The molecule has 1 aromatic carbocycles. The van der Waals surface area contributed by atoms with Crippen molar-refractivity contribution in [2.24, 2.45) is 0 Å². The van der Waals surface area contributed by atoms with Gasteiger partial charge in [-0.3, -0.25) is 0 Å². The lowest BCUT2D eigenvalue weighted by molar-refractivity contribution is 0.0600. The van der Waals surface area contributed by atoms with Crippen molar-refractivity contribution in [2.75, 3.05) is 7.11 Å². The molecular formula is C15H14N2O4. The maximum atomic E-state index is 11.4. The van der Waals surface area contributed by atoms with Gasteiger partial charge in [0.05, 0.1) is 18.6 Å². The number of carbonyl (C=O) groups excluding carboxylic acids is 1. The highest BCUT2D eigenvalue weighted by molar-refractivity contribution is 5.89. The predicted molar refractivity (Wildman–Crippen MR) is 72.9 cm³/mol. The zero-order valence-electron chi connectivity index (χ0n) is 11.5. The van der Waals surface area contributed by atoms with Gasteiger partial charge in [-0.25, -0.2) is 4.79 Å². The Morgan fingerprint density at radius 2 is 2.33 bits per heavy atom. The van der Waals surface area contributed by atoms with Crippen LogP contribution < -0.4 is 4.74 Å². The van der Waals surface area contributed by atoms with Gasteiger partial charge in [-0.05, 0) is 24.6 Å². The molecule has 1 aliphatic carbocycles. The monoisotopic (exact) mass is 286 g/mol. The van der Waals surface area contributed by atoms with Crippen LogP contribution in [0.1, 0.15) is 34.4 Å². The van der Waals surface area contributed by atoms with Crippen LogP contribution in [-0.4, -0.2) is 23.2 Å². The average Bonchev–Trinajstić information content (AvgIpc) is 3.06. The third kappa shape index (κ3) is 2.94. The number of esters is 1. The normalized spacial score (nSPS) is 16.6. The van der Waals surface area contributed by atoms with Crippen LogP contribution in [0.4, 0.5) is 0 Å². The molecule has 0 saturated heterocycles. The summed E-state index contributed by atoms with van der Waals surface area (Å²) in [6, 6.07) is 6.73. The summed E-state index contributed by atoms with van der Waals surface area (Å²) in [7, 11) is 1.34. The Hall–Kier alpha value is -2.63. The minimum atomic E-state index is -0.408. The maximum Gasteiger partial charge on any atom is 0.337 e. The van der Waals surface area contributed by atoms with Gasteiger partial charge in [0.25, 0.3) is 0 Å². The van der Waals surface area contributed by atoms with Crippen LogP contribution in [0.3, 0.4) is 0 Å². The first-order valence-corrected chi connectivity index (χ1v) is 6.48. The Labute approximate surface area is 121 Å². The number of nitrogens with zero attached hydrogens (tertiary/aromatic N) is 2. The predicted octanol–water partition coefficient (Wildman–Crippen LogP) is 2.48. The van der Waals surface area contributed by atoms with Gasteiger partial charge in [0.2, 0.25) is 11.7 Å². The molecular weight excluding hydrogens is 272 g/mol. The molecule has 1 unspecified atom stereocenters. The van der Waals surface area contributed by atoms with Gasteiger partial charge in [0, 0.05) is 0 Å². The summed E-state index contributed by atoms with van der Waals surface area (Å²) >= 11 is 0. The van der Waals surface area contributed by atoms with E-state index in [2.05, 4.69) is 21.5 Å². The third-order valence-electron chi connectivity index (χ3n) is 3.20. The summed E-state index contributed by atoms with van der Waals surface area (Å²) in [5.74, 6) is 1.39. The van der Waals surface area contributed by atoms with Crippen molar-refractivity contribution in [1.82, 2.24) is 10.1 Å². The van der Waals surface area contributed by atoms with Crippen LogP contribution in [0, 0.1) is 0 Å². The van der Waals surface area contributed by atoms with E-state index in [1.807, 2.05) is 0 Å². The highest BCUT2D eigenvalue weighted by atomic mass is 16.5. The fourth-order valence-electron chi connectivity index (χ4n) is 1.91. The standard InChI is InChI=1S/C15H14N2O4/c1-9-6-12(9)14-16-13(17-21-14)8-20-11-5-3-4-10(7-11)15(18)19-2/h3-5,7,12H,1,6,8H2,2H3. The molecule has 21 heavy (non-hydrogen) atoms. The Morgan fingerprint density at radius 3 is 3.05 bits per heavy atom. The number of rotatable bonds is 5. The van der Waals surface area contributed by atoms with Crippen molar-refractivity contribution in [2.45, 2.75) is 18.9 Å². The van der Waals surface area contributed by atoms with Gasteiger partial charge in [-0.15, -0.1) is 0 Å². The molecule has 6 heteroatoms. The van der Waals surface area contributed by atoms with E-state index < -0.39 is 5.97 Å². The fraction of sp³-hybridized carbons (Fsp3) is 0.267. The smallest absolute Gasteiger partial charge is 0.337 e. The molecule has 0 amide bonds. The lowest BCUT2D eigenvalue weighted by Gasteiger charge is -2.04. The molecule has 6 nitrogen and oxygen atoms in total. The summed E-state index contributed by atoms with van der Waals surface area (Å²) in [6.45, 7) is 4.03. The summed E-state index contributed by atoms with van der Waals surface area (Å²) in [4.78, 5) is 15.7. The van der Waals surface area contributed by atoms with E-state index in [9.17, 15) is 4.79 Å². The van der Waals surface area contributed by atoms with E-state index in [-0.39, 0.29) is 12.5 Å². The molecule has 3 rings (SSSR count). The molecule has 0 aliphatic heterocycles. The number of hydrogen-bond acceptors (Lipinski definition) is 6. The van der Waals surface area contributed by atoms with Crippen molar-refractivity contribution in [3.8, 4) is 5.75 Å². The first-order valence-electron chi connectivity index (χ1n) is 6.48. The van der Waals surface area contributed by atoms with Crippen molar-refractivity contribution in [1.29, 1.82) is 0 Å². The largest absolute Gasteiger partial charge is 0.485 e. The van der Waals surface area contributed by atoms with Crippen LogP contribution in [0.5, 0.6) is 5.75 Å². The number of hydrogen-bond donors (Lipinski definition) is 0. The zero-order chi connectivity index (χ0) is 14.8. The topological polar surface area (TPSA) is 74.5 Å². The van der Waals surface area contributed by atoms with Gasteiger partial charge < -0.3 is 14.0 Å². The SMILES string of the molecule is C=C1CC1c1nc(COc2cccc(C(=O)OC)c2)no1. The molecule has 0 N–H and O–H groups in total. The molecule has 1 fully saturated rings. The van der Waals surface area contributed by atoms with Crippen LogP contribution in [0.25, 0.3) is 0 Å². The zero-order valence-corrected chi connectivity index (χ0v) is 11.5. The van der Waals surface area contributed by atoms with Gasteiger partial charge in [-0.2, -0.15) is 4.98 Å². The first kappa shape index (κ1) is 13.4. The second-order valence-corrected chi connectivity index (χ2v) is 4.77. The minimum Gasteiger partial charge on any atom is -0.485 e. The number of methoxy groups -OCH3 is 1. The van der Waals surface area contributed by atoms with Crippen molar-refractivity contribution in [3.05, 3.63) is 53.7 Å². The number of carbonyl (C=O) groups is 1. The summed E-state index contributed by atoms with van der Waals surface area (Å²) < 4.78 is 15.4. The summed E-state index contributed by atoms with van der Waals surface area (Å²) in [6.07, 6.45) is 0.906. The summed E-state index contributed by atoms with van der Waals surface area (Å²) in [5, 5.41) is 3.86. The fourth-order valence-corrected chi connectivity index (χ4v) is 1.91. The van der Waals surface area contributed by atoms with Crippen LogP contribution >= 0.6 is 0 Å². The van der Waals surface area contributed by atoms with Crippen LogP contribution in [0.15, 0.2) is 40.9 Å². The van der Waals surface area contributed by atoms with Gasteiger partial charge in [-0.1, -0.05) is 23.4 Å².